The van der Waals surface area contributed by atoms with Crippen LogP contribution in [-0.4, -0.2) is 24.2 Å². The SMILES string of the molecule is CC(C)COC=C(CO)C(N)=O. The van der Waals surface area contributed by atoms with Gasteiger partial charge < -0.3 is 15.6 Å². The van der Waals surface area contributed by atoms with Gasteiger partial charge in [-0.1, -0.05) is 13.8 Å². The van der Waals surface area contributed by atoms with Gasteiger partial charge in [0.2, 0.25) is 5.91 Å². The van der Waals surface area contributed by atoms with Gasteiger partial charge in [0, 0.05) is 0 Å². The molecule has 0 aliphatic carbocycles. The fourth-order valence-electron chi connectivity index (χ4n) is 0.514. The molecule has 0 aromatic carbocycles. The lowest BCUT2D eigenvalue weighted by Gasteiger charge is -2.04. The number of carbonyl (C=O) groups excluding carboxylic acids is 1. The molecule has 0 fully saturated rings. The molecule has 1 amide bonds. The third-order valence-electron chi connectivity index (χ3n) is 1.14. The van der Waals surface area contributed by atoms with Crippen LogP contribution in [0.15, 0.2) is 11.8 Å². The molecule has 0 rings (SSSR count). The minimum atomic E-state index is -0.652. The highest BCUT2D eigenvalue weighted by atomic mass is 16.5. The van der Waals surface area contributed by atoms with Crippen molar-refractivity contribution in [1.82, 2.24) is 0 Å². The Labute approximate surface area is 72.0 Å². The van der Waals surface area contributed by atoms with Crippen molar-refractivity contribution in [3.8, 4) is 0 Å². The monoisotopic (exact) mass is 173 g/mol. The molecule has 12 heavy (non-hydrogen) atoms. The third-order valence-corrected chi connectivity index (χ3v) is 1.14. The van der Waals surface area contributed by atoms with Gasteiger partial charge in [-0.2, -0.15) is 0 Å². The minimum Gasteiger partial charge on any atom is -0.500 e. The molecule has 0 saturated carbocycles. The summed E-state index contributed by atoms with van der Waals surface area (Å²) in [6.45, 7) is 4.09. The van der Waals surface area contributed by atoms with Gasteiger partial charge in [-0.05, 0) is 5.92 Å². The fourth-order valence-corrected chi connectivity index (χ4v) is 0.514. The first-order valence-corrected chi connectivity index (χ1v) is 3.79. The number of hydrogen-bond donors (Lipinski definition) is 2. The van der Waals surface area contributed by atoms with Crippen molar-refractivity contribution in [2.24, 2.45) is 11.7 Å². The van der Waals surface area contributed by atoms with Crippen LogP contribution in [0.2, 0.25) is 0 Å². The van der Waals surface area contributed by atoms with Gasteiger partial charge in [0.05, 0.1) is 25.0 Å². The summed E-state index contributed by atoms with van der Waals surface area (Å²) in [4.78, 5) is 10.5. The van der Waals surface area contributed by atoms with Crippen LogP contribution in [0.4, 0.5) is 0 Å². The van der Waals surface area contributed by atoms with Crippen LogP contribution in [0.3, 0.4) is 0 Å². The number of rotatable bonds is 5. The number of ether oxygens (including phenoxy) is 1. The summed E-state index contributed by atoms with van der Waals surface area (Å²) in [7, 11) is 0. The molecule has 0 aromatic heterocycles. The van der Waals surface area contributed by atoms with E-state index in [9.17, 15) is 4.79 Å². The van der Waals surface area contributed by atoms with E-state index in [-0.39, 0.29) is 12.2 Å². The Morgan fingerprint density at radius 2 is 2.25 bits per heavy atom. The Hall–Kier alpha value is -1.03. The second kappa shape index (κ2) is 5.60. The standard InChI is InChI=1S/C8H15NO3/c1-6(2)4-12-5-7(3-10)8(9)11/h5-6,10H,3-4H2,1-2H3,(H2,9,11). The van der Waals surface area contributed by atoms with Crippen LogP contribution >= 0.6 is 0 Å². The second-order valence-corrected chi connectivity index (χ2v) is 2.89. The minimum absolute atomic E-state index is 0.0932. The number of nitrogens with two attached hydrogens (primary N) is 1. The Kier molecular flexibility index (Phi) is 5.12. The quantitative estimate of drug-likeness (QED) is 0.454. The summed E-state index contributed by atoms with van der Waals surface area (Å²) in [5, 5.41) is 8.61. The molecule has 0 aliphatic heterocycles. The van der Waals surface area contributed by atoms with Gasteiger partial charge >= 0.3 is 0 Å². The third kappa shape index (κ3) is 4.73. The topological polar surface area (TPSA) is 72.6 Å². The Morgan fingerprint density at radius 3 is 2.58 bits per heavy atom. The molecule has 0 radical (unpaired) electrons. The first-order valence-electron chi connectivity index (χ1n) is 3.79. The van der Waals surface area contributed by atoms with E-state index < -0.39 is 5.91 Å². The maximum Gasteiger partial charge on any atom is 0.250 e. The molecule has 0 aromatic rings. The molecule has 0 unspecified atom stereocenters. The van der Waals surface area contributed by atoms with E-state index in [4.69, 9.17) is 15.6 Å². The number of carbonyl (C=O) groups is 1. The molecule has 70 valence electrons. The first-order chi connectivity index (χ1) is 5.57. The van der Waals surface area contributed by atoms with E-state index in [2.05, 4.69) is 0 Å². The molecule has 0 atom stereocenters. The summed E-state index contributed by atoms with van der Waals surface area (Å²) in [5.41, 5.74) is 5.01. The van der Waals surface area contributed by atoms with Crippen molar-refractivity contribution >= 4 is 5.91 Å². The number of aliphatic hydroxyl groups excluding tert-OH is 1. The highest BCUT2D eigenvalue weighted by Crippen LogP contribution is 1.96. The molecule has 3 N–H and O–H groups in total. The van der Waals surface area contributed by atoms with Crippen molar-refractivity contribution in [2.75, 3.05) is 13.2 Å². The van der Waals surface area contributed by atoms with Gasteiger partial charge in [-0.3, -0.25) is 4.79 Å². The van der Waals surface area contributed by atoms with E-state index >= 15 is 0 Å². The van der Waals surface area contributed by atoms with Crippen molar-refractivity contribution in [3.63, 3.8) is 0 Å². The van der Waals surface area contributed by atoms with Crippen molar-refractivity contribution in [2.45, 2.75) is 13.8 Å². The number of primary amides is 1. The van der Waals surface area contributed by atoms with Gasteiger partial charge in [0.15, 0.2) is 0 Å². The largest absolute Gasteiger partial charge is 0.500 e. The number of aliphatic hydroxyl groups is 1. The van der Waals surface area contributed by atoms with Gasteiger partial charge in [-0.25, -0.2) is 0 Å². The normalized spacial score (nSPS) is 11.8. The van der Waals surface area contributed by atoms with Crippen LogP contribution in [0.1, 0.15) is 13.8 Å². The molecular weight excluding hydrogens is 158 g/mol. The van der Waals surface area contributed by atoms with Crippen LogP contribution in [0.25, 0.3) is 0 Å². The van der Waals surface area contributed by atoms with E-state index in [1.54, 1.807) is 0 Å². The lowest BCUT2D eigenvalue weighted by molar-refractivity contribution is -0.115. The fraction of sp³-hybridized carbons (Fsp3) is 0.625. The van der Waals surface area contributed by atoms with Gasteiger partial charge in [0.25, 0.3) is 0 Å². The summed E-state index contributed by atoms with van der Waals surface area (Å²) in [6, 6.07) is 0. The van der Waals surface area contributed by atoms with Crippen molar-refractivity contribution in [3.05, 3.63) is 11.8 Å². The molecule has 0 spiro atoms. The molecule has 0 bridgehead atoms. The summed E-state index contributed by atoms with van der Waals surface area (Å²) in [6.07, 6.45) is 1.21. The summed E-state index contributed by atoms with van der Waals surface area (Å²) >= 11 is 0. The van der Waals surface area contributed by atoms with Gasteiger partial charge in [-0.15, -0.1) is 0 Å². The first kappa shape index (κ1) is 11.0. The highest BCUT2D eigenvalue weighted by Gasteiger charge is 2.02. The molecule has 0 aliphatic rings. The van der Waals surface area contributed by atoms with Crippen molar-refractivity contribution < 1.29 is 14.6 Å². The lowest BCUT2D eigenvalue weighted by atomic mass is 10.2. The zero-order valence-corrected chi connectivity index (χ0v) is 7.41. The average molecular weight is 173 g/mol. The second-order valence-electron chi connectivity index (χ2n) is 2.89. The zero-order valence-electron chi connectivity index (χ0n) is 7.41. The number of amides is 1. The maximum atomic E-state index is 10.5. The molecule has 0 heterocycles. The van der Waals surface area contributed by atoms with Crippen LogP contribution in [0, 0.1) is 5.92 Å². The smallest absolute Gasteiger partial charge is 0.250 e. The summed E-state index contributed by atoms with van der Waals surface area (Å²) < 4.78 is 4.99. The molecule has 4 heteroatoms. The summed E-state index contributed by atoms with van der Waals surface area (Å²) in [5.74, 6) is -0.268. The van der Waals surface area contributed by atoms with E-state index in [0.717, 1.165) is 0 Å². The Bertz CT molecular complexity index is 175. The van der Waals surface area contributed by atoms with Crippen molar-refractivity contribution in [1.29, 1.82) is 0 Å². The maximum absolute atomic E-state index is 10.5. The zero-order chi connectivity index (χ0) is 9.56. The predicted molar refractivity (Wildman–Crippen MR) is 45.2 cm³/mol. The predicted octanol–water partition coefficient (Wildman–Crippen LogP) is 0.0205. The van der Waals surface area contributed by atoms with E-state index in [0.29, 0.717) is 12.5 Å². The molecule has 4 nitrogen and oxygen atoms in total. The van der Waals surface area contributed by atoms with Crippen LogP contribution in [-0.2, 0) is 9.53 Å². The average Bonchev–Trinajstić information content (AvgIpc) is 1.96. The Morgan fingerprint density at radius 1 is 1.67 bits per heavy atom. The van der Waals surface area contributed by atoms with Gasteiger partial charge in [0.1, 0.15) is 0 Å². The van der Waals surface area contributed by atoms with E-state index in [1.165, 1.54) is 6.26 Å². The van der Waals surface area contributed by atoms with E-state index in [1.807, 2.05) is 13.8 Å². The van der Waals surface area contributed by atoms with Crippen LogP contribution < -0.4 is 5.73 Å². The molecule has 0 saturated heterocycles. The Balaban J connectivity index is 3.87. The van der Waals surface area contributed by atoms with Crippen LogP contribution in [0.5, 0.6) is 0 Å². The highest BCUT2D eigenvalue weighted by molar-refractivity contribution is 5.91. The number of hydrogen-bond acceptors (Lipinski definition) is 3. The lowest BCUT2D eigenvalue weighted by Crippen LogP contribution is -2.17. The molecular formula is C8H15NO3.